The lowest BCUT2D eigenvalue weighted by molar-refractivity contribution is -0.119. The highest BCUT2D eigenvalue weighted by atomic mass is 19.1. The van der Waals surface area contributed by atoms with Gasteiger partial charge in [0, 0.05) is 25.3 Å². The van der Waals surface area contributed by atoms with Crippen molar-refractivity contribution in [1.29, 1.82) is 0 Å². The Balaban J connectivity index is 2.05. The fraction of sp³-hybridized carbons (Fsp3) is 0.304. The quantitative estimate of drug-likeness (QED) is 0.530. The number of halogens is 1. The summed E-state index contributed by atoms with van der Waals surface area (Å²) in [6.07, 6.45) is 0. The van der Waals surface area contributed by atoms with E-state index in [9.17, 15) is 14.0 Å². The Morgan fingerprint density at radius 3 is 2.53 bits per heavy atom. The van der Waals surface area contributed by atoms with E-state index in [0.717, 1.165) is 22.0 Å². The van der Waals surface area contributed by atoms with Gasteiger partial charge in [-0.25, -0.2) is 4.39 Å². The normalized spacial score (nSPS) is 12.2. The highest BCUT2D eigenvalue weighted by Gasteiger charge is 2.13. The minimum absolute atomic E-state index is 0.138. The van der Waals surface area contributed by atoms with E-state index in [1.165, 1.54) is 12.1 Å². The number of fused-ring (bicyclic) bond motifs is 1. The Bertz CT molecular complexity index is 1090. The van der Waals surface area contributed by atoms with Gasteiger partial charge in [-0.15, -0.1) is 0 Å². The molecule has 0 aliphatic rings. The summed E-state index contributed by atoms with van der Waals surface area (Å²) in [5, 5.41) is 3.86. The van der Waals surface area contributed by atoms with E-state index in [1.54, 1.807) is 23.6 Å². The minimum atomic E-state index is -0.553. The van der Waals surface area contributed by atoms with Crippen LogP contribution in [0, 0.1) is 5.82 Å². The average Bonchev–Trinajstić information content (AvgIpc) is 2.74. The minimum Gasteiger partial charge on any atom is -0.380 e. The molecule has 0 saturated carbocycles. The van der Waals surface area contributed by atoms with Gasteiger partial charge in [-0.2, -0.15) is 0 Å². The third-order valence-corrected chi connectivity index (χ3v) is 5.03. The number of aromatic nitrogens is 1. The van der Waals surface area contributed by atoms with Crippen molar-refractivity contribution in [2.75, 3.05) is 13.2 Å². The molecule has 2 aromatic carbocycles. The molecule has 1 atom stereocenters. The number of hydrogen-bond donors (Lipinski definition) is 2. The molecule has 158 valence electrons. The van der Waals surface area contributed by atoms with Crippen LogP contribution in [-0.4, -0.2) is 29.7 Å². The van der Waals surface area contributed by atoms with E-state index in [4.69, 9.17) is 10.5 Å². The van der Waals surface area contributed by atoms with Crippen LogP contribution in [0.2, 0.25) is 0 Å². The van der Waals surface area contributed by atoms with Crippen molar-refractivity contribution in [1.82, 2.24) is 9.88 Å². The second-order valence-corrected chi connectivity index (χ2v) is 7.11. The molecule has 1 heterocycles. The largest absolute Gasteiger partial charge is 0.380 e. The fourth-order valence-corrected chi connectivity index (χ4v) is 3.28. The second-order valence-electron chi connectivity index (χ2n) is 7.11. The molecule has 3 aromatic rings. The number of nitrogens with one attached hydrogen (secondary N) is 1. The Hall–Kier alpha value is -3.03. The first-order chi connectivity index (χ1) is 14.4. The zero-order chi connectivity index (χ0) is 21.7. The number of carbonyl (C=O) groups is 1. The van der Waals surface area contributed by atoms with Crippen molar-refractivity contribution in [3.05, 3.63) is 70.3 Å². The van der Waals surface area contributed by atoms with Crippen LogP contribution in [0.15, 0.2) is 53.3 Å². The van der Waals surface area contributed by atoms with E-state index >= 15 is 0 Å². The molecule has 0 aliphatic heterocycles. The second kappa shape index (κ2) is 9.65. The molecule has 0 spiro atoms. The van der Waals surface area contributed by atoms with Gasteiger partial charge in [-0.05, 0) is 60.7 Å². The lowest BCUT2D eigenvalue weighted by Crippen LogP contribution is -2.39. The molecular weight excluding hydrogens is 385 g/mol. The van der Waals surface area contributed by atoms with Gasteiger partial charge in [0.2, 0.25) is 5.91 Å². The van der Waals surface area contributed by atoms with Crippen LogP contribution < -0.4 is 16.6 Å². The Morgan fingerprint density at radius 2 is 1.87 bits per heavy atom. The van der Waals surface area contributed by atoms with Crippen LogP contribution in [0.3, 0.4) is 0 Å². The van der Waals surface area contributed by atoms with Crippen LogP contribution >= 0.6 is 0 Å². The van der Waals surface area contributed by atoms with Gasteiger partial charge in [0.05, 0.1) is 18.2 Å². The first-order valence-electron chi connectivity index (χ1n) is 9.93. The summed E-state index contributed by atoms with van der Waals surface area (Å²) in [5.74, 6) is -0.771. The zero-order valence-electron chi connectivity index (χ0n) is 17.2. The van der Waals surface area contributed by atoms with E-state index in [2.05, 4.69) is 5.32 Å². The molecule has 3 N–H and O–H groups in total. The molecule has 3 rings (SSSR count). The van der Waals surface area contributed by atoms with Gasteiger partial charge < -0.3 is 20.4 Å². The predicted octanol–water partition coefficient (Wildman–Crippen LogP) is 2.81. The molecule has 0 fully saturated rings. The molecule has 6 nitrogen and oxygen atoms in total. The van der Waals surface area contributed by atoms with Crippen molar-refractivity contribution in [2.24, 2.45) is 5.73 Å². The Kier molecular flexibility index (Phi) is 6.97. The predicted molar refractivity (Wildman–Crippen MR) is 116 cm³/mol. The number of nitrogens with zero attached hydrogens (tertiary/aromatic N) is 1. The van der Waals surface area contributed by atoms with Gasteiger partial charge >= 0.3 is 0 Å². The number of carbonyl (C=O) groups excluding carboxylic acids is 1. The number of ether oxygens (including phenoxy) is 1. The first-order valence-corrected chi connectivity index (χ1v) is 9.93. The smallest absolute Gasteiger partial charge is 0.255 e. The first kappa shape index (κ1) is 21.7. The maximum Gasteiger partial charge on any atom is 0.255 e. The number of amides is 1. The third-order valence-electron chi connectivity index (χ3n) is 5.03. The van der Waals surface area contributed by atoms with Crippen LogP contribution in [0.5, 0.6) is 0 Å². The summed E-state index contributed by atoms with van der Waals surface area (Å²) in [5.41, 5.74) is 8.29. The number of nitrogens with two attached hydrogens (primary N) is 1. The molecule has 0 bridgehead atoms. The van der Waals surface area contributed by atoms with E-state index in [-0.39, 0.29) is 17.9 Å². The van der Waals surface area contributed by atoms with E-state index in [1.807, 2.05) is 31.2 Å². The summed E-state index contributed by atoms with van der Waals surface area (Å²) >= 11 is 0. The van der Waals surface area contributed by atoms with Crippen molar-refractivity contribution in [2.45, 2.75) is 33.0 Å². The molecule has 0 saturated heterocycles. The topological polar surface area (TPSA) is 86.3 Å². The Morgan fingerprint density at radius 1 is 1.17 bits per heavy atom. The lowest BCUT2D eigenvalue weighted by atomic mass is 10.0. The number of benzene rings is 2. The molecular formula is C23H26FN3O3. The molecule has 1 aromatic heterocycles. The highest BCUT2D eigenvalue weighted by Crippen LogP contribution is 2.25. The third kappa shape index (κ3) is 4.93. The van der Waals surface area contributed by atoms with Crippen LogP contribution in [0.1, 0.15) is 19.4 Å². The molecule has 0 aliphatic carbocycles. The summed E-state index contributed by atoms with van der Waals surface area (Å²) in [4.78, 5) is 24.4. The Labute approximate surface area is 174 Å². The number of primary amides is 1. The van der Waals surface area contributed by atoms with E-state index in [0.29, 0.717) is 25.3 Å². The van der Waals surface area contributed by atoms with Crippen LogP contribution in [0.25, 0.3) is 22.0 Å². The molecule has 1 unspecified atom stereocenters. The summed E-state index contributed by atoms with van der Waals surface area (Å²) in [7, 11) is 0. The van der Waals surface area contributed by atoms with Gasteiger partial charge in [-0.3, -0.25) is 9.59 Å². The van der Waals surface area contributed by atoms with Gasteiger partial charge in [0.15, 0.2) is 0 Å². The highest BCUT2D eigenvalue weighted by molar-refractivity contribution is 5.85. The maximum absolute atomic E-state index is 13.3. The number of hydrogen-bond acceptors (Lipinski definition) is 4. The molecule has 30 heavy (non-hydrogen) atoms. The van der Waals surface area contributed by atoms with Gasteiger partial charge in [0.1, 0.15) is 5.82 Å². The summed E-state index contributed by atoms with van der Waals surface area (Å²) in [6.45, 7) is 5.18. The van der Waals surface area contributed by atoms with Crippen LogP contribution in [0.4, 0.5) is 4.39 Å². The lowest BCUT2D eigenvalue weighted by Gasteiger charge is -2.16. The van der Waals surface area contributed by atoms with Crippen molar-refractivity contribution in [3.8, 4) is 11.1 Å². The van der Waals surface area contributed by atoms with Crippen molar-refractivity contribution < 1.29 is 13.9 Å². The average molecular weight is 411 g/mol. The maximum atomic E-state index is 13.3. The number of rotatable bonds is 9. The van der Waals surface area contributed by atoms with Crippen molar-refractivity contribution in [3.63, 3.8) is 0 Å². The monoisotopic (exact) mass is 411 g/mol. The van der Waals surface area contributed by atoms with Gasteiger partial charge in [0.25, 0.3) is 5.56 Å². The van der Waals surface area contributed by atoms with E-state index < -0.39 is 11.9 Å². The molecule has 0 radical (unpaired) electrons. The molecule has 1 amide bonds. The SMILES string of the molecule is CCOCCn1c(=O)c(CNC(C)C(N)=O)cc2cc(-c3ccc(F)cc3)ccc21. The standard InChI is InChI=1S/C23H26FN3O3/c1-3-30-11-10-27-21-9-6-17(16-4-7-20(24)8-5-16)12-18(21)13-19(23(27)29)14-26-15(2)22(25)28/h4-9,12-13,15,26H,3,10-11,14H2,1-2H3,(H2,25,28). The van der Waals surface area contributed by atoms with Gasteiger partial charge in [-0.1, -0.05) is 18.2 Å². The summed E-state index contributed by atoms with van der Waals surface area (Å²) < 4.78 is 20.4. The molecule has 7 heteroatoms. The zero-order valence-corrected chi connectivity index (χ0v) is 17.2. The number of pyridine rings is 1. The summed E-state index contributed by atoms with van der Waals surface area (Å²) in [6, 6.07) is 13.3. The van der Waals surface area contributed by atoms with Crippen molar-refractivity contribution >= 4 is 16.8 Å². The fourth-order valence-electron chi connectivity index (χ4n) is 3.28. The van der Waals surface area contributed by atoms with Crippen LogP contribution in [-0.2, 0) is 22.6 Å².